The number of nitrogens with zero attached hydrogens (tertiary/aromatic N) is 1. The lowest BCUT2D eigenvalue weighted by Gasteiger charge is -2.26. The highest BCUT2D eigenvalue weighted by molar-refractivity contribution is 7.89. The van der Waals surface area contributed by atoms with E-state index in [1.807, 2.05) is 6.07 Å². The van der Waals surface area contributed by atoms with Gasteiger partial charge in [-0.25, -0.2) is 8.42 Å². The van der Waals surface area contributed by atoms with Crippen LogP contribution >= 0.6 is 0 Å². The number of carbonyl (C=O) groups is 1. The molecule has 1 N–H and O–H groups in total. The van der Waals surface area contributed by atoms with E-state index in [0.29, 0.717) is 38.4 Å². The van der Waals surface area contributed by atoms with Crippen LogP contribution in [0.15, 0.2) is 53.4 Å². The molecule has 0 atom stereocenters. The van der Waals surface area contributed by atoms with Crippen LogP contribution in [-0.4, -0.2) is 51.5 Å². The highest BCUT2D eigenvalue weighted by Gasteiger charge is 2.26. The van der Waals surface area contributed by atoms with Crippen LogP contribution in [0.1, 0.15) is 27.9 Å². The fourth-order valence-corrected chi connectivity index (χ4v) is 4.59. The molecule has 28 heavy (non-hydrogen) atoms. The first-order valence-electron chi connectivity index (χ1n) is 9.48. The lowest BCUT2D eigenvalue weighted by molar-refractivity contribution is 0.0730. The molecule has 3 rings (SSSR count). The van der Waals surface area contributed by atoms with Crippen molar-refractivity contribution in [2.45, 2.75) is 24.7 Å². The second-order valence-corrected chi connectivity index (χ2v) is 8.83. The molecule has 1 saturated heterocycles. The summed E-state index contributed by atoms with van der Waals surface area (Å²) in [6, 6.07) is 14.4. The van der Waals surface area contributed by atoms with Crippen molar-refractivity contribution in [2.75, 3.05) is 32.8 Å². The fourth-order valence-electron chi connectivity index (χ4n) is 3.18. The number of rotatable bonds is 7. The van der Waals surface area contributed by atoms with Gasteiger partial charge in [-0.1, -0.05) is 29.8 Å². The van der Waals surface area contributed by atoms with E-state index >= 15 is 0 Å². The molecule has 2 aromatic rings. The Morgan fingerprint density at radius 3 is 2.50 bits per heavy atom. The van der Waals surface area contributed by atoms with Gasteiger partial charge in [0.25, 0.3) is 5.91 Å². The molecule has 0 radical (unpaired) electrons. The van der Waals surface area contributed by atoms with E-state index in [1.54, 1.807) is 12.1 Å². The lowest BCUT2D eigenvalue weighted by atomic mass is 10.1. The Bertz CT molecular complexity index is 904. The van der Waals surface area contributed by atoms with Crippen molar-refractivity contribution in [2.24, 2.45) is 0 Å². The third-order valence-corrected chi connectivity index (χ3v) is 6.65. The molecule has 1 aliphatic heterocycles. The van der Waals surface area contributed by atoms with Crippen LogP contribution in [0.5, 0.6) is 0 Å². The first-order valence-corrected chi connectivity index (χ1v) is 10.9. The van der Waals surface area contributed by atoms with Crippen molar-refractivity contribution in [1.29, 1.82) is 0 Å². The largest absolute Gasteiger partial charge is 0.379 e. The smallest absolute Gasteiger partial charge is 0.251 e. The molecule has 2 aromatic carbocycles. The second kappa shape index (κ2) is 9.32. The Labute approximate surface area is 166 Å². The maximum absolute atomic E-state index is 12.6. The number of hydrogen-bond donors (Lipinski definition) is 1. The molecule has 1 heterocycles. The highest BCUT2D eigenvalue weighted by Crippen LogP contribution is 2.17. The molecule has 1 amide bonds. The van der Waals surface area contributed by atoms with E-state index < -0.39 is 10.0 Å². The molecule has 6 nitrogen and oxygen atoms in total. The average Bonchev–Trinajstić information content (AvgIpc) is 2.72. The molecule has 7 heteroatoms. The standard InChI is InChI=1S/C21H26N2O4S/c1-17-4-2-5-18(16-17)6-3-11-22-21(24)19-7-9-20(10-8-19)28(25,26)23-12-14-27-15-13-23/h2,4-5,7-10,16H,3,6,11-15H2,1H3,(H,22,24). The summed E-state index contributed by atoms with van der Waals surface area (Å²) in [6.45, 7) is 4.15. The zero-order chi connectivity index (χ0) is 20.0. The lowest BCUT2D eigenvalue weighted by Crippen LogP contribution is -2.40. The number of carbonyl (C=O) groups excluding carboxylic acids is 1. The molecule has 1 aliphatic rings. The minimum absolute atomic E-state index is 0.195. The van der Waals surface area contributed by atoms with Crippen LogP contribution in [0, 0.1) is 6.92 Å². The van der Waals surface area contributed by atoms with Gasteiger partial charge in [-0.2, -0.15) is 4.31 Å². The molecule has 0 unspecified atom stereocenters. The molecule has 0 spiro atoms. The van der Waals surface area contributed by atoms with Crippen molar-refractivity contribution < 1.29 is 17.9 Å². The van der Waals surface area contributed by atoms with Gasteiger partial charge in [-0.05, 0) is 49.6 Å². The normalized spacial score (nSPS) is 15.3. The van der Waals surface area contributed by atoms with Crippen LogP contribution < -0.4 is 5.32 Å². The number of benzene rings is 2. The Hall–Kier alpha value is -2.22. The van der Waals surface area contributed by atoms with E-state index in [-0.39, 0.29) is 10.8 Å². The summed E-state index contributed by atoms with van der Waals surface area (Å²) in [7, 11) is -3.54. The third-order valence-electron chi connectivity index (χ3n) is 4.73. The Balaban J connectivity index is 1.52. The Morgan fingerprint density at radius 1 is 1.11 bits per heavy atom. The zero-order valence-corrected chi connectivity index (χ0v) is 16.9. The van der Waals surface area contributed by atoms with Gasteiger partial charge in [-0.15, -0.1) is 0 Å². The molecule has 0 saturated carbocycles. The van der Waals surface area contributed by atoms with E-state index in [9.17, 15) is 13.2 Å². The van der Waals surface area contributed by atoms with Crippen LogP contribution in [0.3, 0.4) is 0 Å². The second-order valence-electron chi connectivity index (χ2n) is 6.89. The minimum atomic E-state index is -3.54. The van der Waals surface area contributed by atoms with Crippen molar-refractivity contribution >= 4 is 15.9 Å². The van der Waals surface area contributed by atoms with Gasteiger partial charge in [0.1, 0.15) is 0 Å². The molecule has 0 aliphatic carbocycles. The van der Waals surface area contributed by atoms with Gasteiger partial charge in [0.2, 0.25) is 10.0 Å². The maximum Gasteiger partial charge on any atom is 0.251 e. The molecule has 0 bridgehead atoms. The van der Waals surface area contributed by atoms with Crippen LogP contribution in [0.25, 0.3) is 0 Å². The summed E-state index contributed by atoms with van der Waals surface area (Å²) in [6.07, 6.45) is 1.75. The predicted octanol–water partition coefficient (Wildman–Crippen LogP) is 2.38. The van der Waals surface area contributed by atoms with E-state index in [2.05, 4.69) is 30.4 Å². The van der Waals surface area contributed by atoms with Crippen molar-refractivity contribution in [1.82, 2.24) is 9.62 Å². The monoisotopic (exact) mass is 402 g/mol. The number of nitrogens with one attached hydrogen (secondary N) is 1. The Morgan fingerprint density at radius 2 is 1.82 bits per heavy atom. The van der Waals surface area contributed by atoms with Gasteiger partial charge in [0.05, 0.1) is 18.1 Å². The fraction of sp³-hybridized carbons (Fsp3) is 0.381. The topological polar surface area (TPSA) is 75.7 Å². The first kappa shape index (κ1) is 20.5. The summed E-state index contributed by atoms with van der Waals surface area (Å²) >= 11 is 0. The molecule has 0 aromatic heterocycles. The number of amides is 1. The summed E-state index contributed by atoms with van der Waals surface area (Å²) in [5.74, 6) is -0.195. The molecular formula is C21H26N2O4S. The Kier molecular flexibility index (Phi) is 6.83. The van der Waals surface area contributed by atoms with E-state index in [0.717, 1.165) is 12.8 Å². The van der Waals surface area contributed by atoms with Gasteiger partial charge in [-0.3, -0.25) is 4.79 Å². The summed E-state index contributed by atoms with van der Waals surface area (Å²) < 4.78 is 31.8. The average molecular weight is 403 g/mol. The van der Waals surface area contributed by atoms with E-state index in [1.165, 1.54) is 27.6 Å². The molecule has 1 fully saturated rings. The maximum atomic E-state index is 12.6. The van der Waals surface area contributed by atoms with Crippen LogP contribution in [0.2, 0.25) is 0 Å². The summed E-state index contributed by atoms with van der Waals surface area (Å²) in [4.78, 5) is 12.5. The number of hydrogen-bond acceptors (Lipinski definition) is 4. The zero-order valence-electron chi connectivity index (χ0n) is 16.1. The van der Waals surface area contributed by atoms with Crippen LogP contribution in [0.4, 0.5) is 0 Å². The summed E-state index contributed by atoms with van der Waals surface area (Å²) in [5.41, 5.74) is 2.94. The minimum Gasteiger partial charge on any atom is -0.379 e. The van der Waals surface area contributed by atoms with Gasteiger partial charge in [0, 0.05) is 25.2 Å². The van der Waals surface area contributed by atoms with Gasteiger partial charge in [0.15, 0.2) is 0 Å². The number of sulfonamides is 1. The van der Waals surface area contributed by atoms with Gasteiger partial charge >= 0.3 is 0 Å². The predicted molar refractivity (Wildman–Crippen MR) is 108 cm³/mol. The van der Waals surface area contributed by atoms with Crippen molar-refractivity contribution in [3.8, 4) is 0 Å². The SMILES string of the molecule is Cc1cccc(CCCNC(=O)c2ccc(S(=O)(=O)N3CCOCC3)cc2)c1. The number of morpholine rings is 1. The highest BCUT2D eigenvalue weighted by atomic mass is 32.2. The quantitative estimate of drug-likeness (QED) is 0.722. The molecule has 150 valence electrons. The van der Waals surface area contributed by atoms with Crippen molar-refractivity contribution in [3.63, 3.8) is 0 Å². The van der Waals surface area contributed by atoms with Crippen molar-refractivity contribution in [3.05, 3.63) is 65.2 Å². The first-order chi connectivity index (χ1) is 13.5. The number of ether oxygens (including phenoxy) is 1. The molecular weight excluding hydrogens is 376 g/mol. The number of aryl methyl sites for hydroxylation is 2. The summed E-state index contributed by atoms with van der Waals surface area (Å²) in [5, 5.41) is 2.89. The van der Waals surface area contributed by atoms with Gasteiger partial charge < -0.3 is 10.1 Å². The van der Waals surface area contributed by atoms with Crippen LogP contribution in [-0.2, 0) is 21.2 Å². The third kappa shape index (κ3) is 5.19. The van der Waals surface area contributed by atoms with E-state index in [4.69, 9.17) is 4.74 Å².